The van der Waals surface area contributed by atoms with Crippen LogP contribution in [0.2, 0.25) is 5.02 Å². The van der Waals surface area contributed by atoms with E-state index in [1.165, 1.54) is 30.3 Å². The molecule has 5 rings (SSSR count). The average molecular weight is 496 g/mol. The third-order valence-electron chi connectivity index (χ3n) is 5.45. The minimum Gasteiger partial charge on any atom is -0.486 e. The van der Waals surface area contributed by atoms with Crippen LogP contribution in [-0.2, 0) is 4.79 Å². The lowest BCUT2D eigenvalue weighted by atomic mass is 10.0. The molecule has 0 bridgehead atoms. The van der Waals surface area contributed by atoms with Gasteiger partial charge in [-0.15, -0.1) is 0 Å². The van der Waals surface area contributed by atoms with Crippen LogP contribution in [0.4, 0.5) is 10.1 Å². The molecule has 0 saturated carbocycles. The van der Waals surface area contributed by atoms with Crippen LogP contribution in [0.5, 0.6) is 17.2 Å². The van der Waals surface area contributed by atoms with Crippen molar-refractivity contribution in [2.45, 2.75) is 6.92 Å². The predicted molar refractivity (Wildman–Crippen MR) is 129 cm³/mol. The summed E-state index contributed by atoms with van der Waals surface area (Å²) in [4.78, 5) is 25.5. The molecule has 1 aliphatic heterocycles. The quantitative estimate of drug-likeness (QED) is 0.401. The predicted octanol–water partition coefficient (Wildman–Crippen LogP) is 5.35. The van der Waals surface area contributed by atoms with E-state index in [0.29, 0.717) is 36.1 Å². The standard InChI is InChI=1S/C26H19ClFNO6/c1-14-24(25-18(27)3-2-4-19(25)28)26(31)17-7-6-16(12-21(17)35-14)34-13-23(30)29-15-5-8-20-22(11-15)33-10-9-32-20/h2-8,11-12H,9-10,13H2,1H3,(H,29,30). The van der Waals surface area contributed by atoms with Gasteiger partial charge < -0.3 is 23.9 Å². The molecular weight excluding hydrogens is 477 g/mol. The van der Waals surface area contributed by atoms with E-state index in [1.807, 2.05) is 0 Å². The van der Waals surface area contributed by atoms with Crippen LogP contribution >= 0.6 is 11.6 Å². The van der Waals surface area contributed by atoms with E-state index in [1.54, 1.807) is 31.2 Å². The number of carbonyl (C=O) groups excluding carboxylic acids is 1. The molecule has 0 saturated heterocycles. The SMILES string of the molecule is Cc1oc2cc(OCC(=O)Nc3ccc4c(c3)OCCO4)ccc2c(=O)c1-c1c(F)cccc1Cl. The smallest absolute Gasteiger partial charge is 0.262 e. The van der Waals surface area contributed by atoms with E-state index < -0.39 is 11.2 Å². The summed E-state index contributed by atoms with van der Waals surface area (Å²) in [5.74, 6) is 0.724. The van der Waals surface area contributed by atoms with Gasteiger partial charge in [-0.25, -0.2) is 4.39 Å². The summed E-state index contributed by atoms with van der Waals surface area (Å²) in [6, 6.07) is 13.9. The lowest BCUT2D eigenvalue weighted by Gasteiger charge is -2.19. The number of amides is 1. The van der Waals surface area contributed by atoms with E-state index in [9.17, 15) is 14.0 Å². The fourth-order valence-corrected chi connectivity index (χ4v) is 4.13. The average Bonchev–Trinajstić information content (AvgIpc) is 2.84. The first-order valence-electron chi connectivity index (χ1n) is 10.7. The zero-order valence-corrected chi connectivity index (χ0v) is 19.3. The lowest BCUT2D eigenvalue weighted by Crippen LogP contribution is -2.21. The zero-order chi connectivity index (χ0) is 24.5. The summed E-state index contributed by atoms with van der Waals surface area (Å²) in [7, 11) is 0. The summed E-state index contributed by atoms with van der Waals surface area (Å²) < 4.78 is 36.8. The molecule has 3 aromatic carbocycles. The summed E-state index contributed by atoms with van der Waals surface area (Å²) in [6.07, 6.45) is 0. The number of aryl methyl sites for hydroxylation is 1. The number of carbonyl (C=O) groups is 1. The van der Waals surface area contributed by atoms with Crippen LogP contribution < -0.4 is 25.0 Å². The van der Waals surface area contributed by atoms with Crippen LogP contribution in [0.1, 0.15) is 5.76 Å². The molecule has 0 spiro atoms. The molecule has 2 heterocycles. The Balaban J connectivity index is 1.34. The number of hydrogen-bond donors (Lipinski definition) is 1. The van der Waals surface area contributed by atoms with Gasteiger partial charge in [0.25, 0.3) is 5.91 Å². The highest BCUT2D eigenvalue weighted by Gasteiger charge is 2.20. The van der Waals surface area contributed by atoms with Crippen molar-refractivity contribution in [1.29, 1.82) is 0 Å². The summed E-state index contributed by atoms with van der Waals surface area (Å²) in [5, 5.41) is 3.08. The molecule has 7 nitrogen and oxygen atoms in total. The number of rotatable bonds is 5. The second-order valence-electron chi connectivity index (χ2n) is 7.81. The first kappa shape index (κ1) is 22.7. The molecule has 0 unspecified atom stereocenters. The van der Waals surface area contributed by atoms with Gasteiger partial charge in [0.2, 0.25) is 5.43 Å². The maximum absolute atomic E-state index is 14.4. The highest BCUT2D eigenvalue weighted by molar-refractivity contribution is 6.33. The van der Waals surface area contributed by atoms with Gasteiger partial charge in [-0.05, 0) is 43.3 Å². The fourth-order valence-electron chi connectivity index (χ4n) is 3.87. The van der Waals surface area contributed by atoms with Crippen molar-refractivity contribution in [1.82, 2.24) is 0 Å². The van der Waals surface area contributed by atoms with Gasteiger partial charge >= 0.3 is 0 Å². The molecule has 0 radical (unpaired) electrons. The Morgan fingerprint density at radius 3 is 2.66 bits per heavy atom. The van der Waals surface area contributed by atoms with Gasteiger partial charge in [0.1, 0.15) is 36.1 Å². The van der Waals surface area contributed by atoms with Crippen molar-refractivity contribution in [3.8, 4) is 28.4 Å². The Morgan fingerprint density at radius 1 is 1.06 bits per heavy atom. The summed E-state index contributed by atoms with van der Waals surface area (Å²) in [6.45, 7) is 2.22. The van der Waals surface area contributed by atoms with Crippen molar-refractivity contribution in [2.75, 3.05) is 25.1 Å². The fraction of sp³-hybridized carbons (Fsp3) is 0.154. The number of nitrogens with one attached hydrogen (secondary N) is 1. The van der Waals surface area contributed by atoms with Gasteiger partial charge in [0, 0.05) is 23.4 Å². The zero-order valence-electron chi connectivity index (χ0n) is 18.5. The Labute approximate surface area is 204 Å². The molecule has 1 aliphatic rings. The monoisotopic (exact) mass is 495 g/mol. The van der Waals surface area contributed by atoms with Crippen molar-refractivity contribution in [3.05, 3.63) is 81.4 Å². The van der Waals surface area contributed by atoms with Crippen LogP contribution in [0, 0.1) is 12.7 Å². The summed E-state index contributed by atoms with van der Waals surface area (Å²) in [5.41, 5.74) is 0.431. The first-order valence-corrected chi connectivity index (χ1v) is 11.1. The largest absolute Gasteiger partial charge is 0.486 e. The summed E-state index contributed by atoms with van der Waals surface area (Å²) >= 11 is 6.16. The highest BCUT2D eigenvalue weighted by atomic mass is 35.5. The van der Waals surface area contributed by atoms with E-state index in [2.05, 4.69) is 5.32 Å². The number of halogens is 2. The lowest BCUT2D eigenvalue weighted by molar-refractivity contribution is -0.118. The molecule has 178 valence electrons. The Hall–Kier alpha value is -4.04. The van der Waals surface area contributed by atoms with Crippen LogP contribution in [0.25, 0.3) is 22.1 Å². The van der Waals surface area contributed by atoms with Gasteiger partial charge in [-0.2, -0.15) is 0 Å². The maximum atomic E-state index is 14.4. The molecule has 35 heavy (non-hydrogen) atoms. The third kappa shape index (κ3) is 4.52. The second kappa shape index (κ2) is 9.31. The Morgan fingerprint density at radius 2 is 1.86 bits per heavy atom. The molecule has 0 fully saturated rings. The van der Waals surface area contributed by atoms with Crippen molar-refractivity contribution < 1.29 is 27.8 Å². The third-order valence-corrected chi connectivity index (χ3v) is 5.76. The number of benzene rings is 3. The van der Waals surface area contributed by atoms with Crippen LogP contribution in [-0.4, -0.2) is 25.7 Å². The van der Waals surface area contributed by atoms with Crippen molar-refractivity contribution >= 4 is 34.2 Å². The van der Waals surface area contributed by atoms with Crippen molar-refractivity contribution in [3.63, 3.8) is 0 Å². The molecule has 1 N–H and O–H groups in total. The van der Waals surface area contributed by atoms with Gasteiger partial charge in [0.05, 0.1) is 16.0 Å². The molecule has 4 aromatic rings. The molecule has 1 amide bonds. The minimum absolute atomic E-state index is 0.00143. The topological polar surface area (TPSA) is 87.0 Å². The molecule has 0 aliphatic carbocycles. The molecule has 1 aromatic heterocycles. The Bertz CT molecular complexity index is 1500. The number of ether oxygens (including phenoxy) is 3. The van der Waals surface area contributed by atoms with E-state index in [4.69, 9.17) is 30.2 Å². The first-order chi connectivity index (χ1) is 16.9. The second-order valence-corrected chi connectivity index (χ2v) is 8.22. The maximum Gasteiger partial charge on any atom is 0.262 e. The number of hydrogen-bond acceptors (Lipinski definition) is 6. The molecular formula is C26H19ClFNO6. The highest BCUT2D eigenvalue weighted by Crippen LogP contribution is 2.34. The number of fused-ring (bicyclic) bond motifs is 2. The molecule has 9 heteroatoms. The van der Waals surface area contributed by atoms with E-state index in [-0.39, 0.29) is 45.4 Å². The van der Waals surface area contributed by atoms with Gasteiger partial charge in [-0.3, -0.25) is 9.59 Å². The Kier molecular flexibility index (Phi) is 6.05. The van der Waals surface area contributed by atoms with Crippen molar-refractivity contribution in [2.24, 2.45) is 0 Å². The van der Waals surface area contributed by atoms with Gasteiger partial charge in [-0.1, -0.05) is 17.7 Å². The minimum atomic E-state index is -0.615. The normalized spacial score (nSPS) is 12.4. The van der Waals surface area contributed by atoms with E-state index in [0.717, 1.165) is 0 Å². The van der Waals surface area contributed by atoms with Crippen LogP contribution in [0.15, 0.2) is 63.8 Å². The number of anilines is 1. The van der Waals surface area contributed by atoms with E-state index >= 15 is 0 Å². The van der Waals surface area contributed by atoms with Gasteiger partial charge in [0.15, 0.2) is 18.1 Å². The van der Waals surface area contributed by atoms with Crippen LogP contribution in [0.3, 0.4) is 0 Å². The molecule has 0 atom stereocenters.